The molecule has 1 saturated heterocycles. The third-order valence-corrected chi connectivity index (χ3v) is 8.02. The molecule has 4 rings (SSSR count). The molecule has 0 radical (unpaired) electrons. The number of hydrogen-bond acceptors (Lipinski definition) is 2. The molecule has 34 heavy (non-hydrogen) atoms. The molecule has 1 atom stereocenters. The number of carbonyl (C=O) groups excluding carboxylic acids is 1. The number of carbonyl (C=O) groups is 1. The van der Waals surface area contributed by atoms with Crippen molar-refractivity contribution in [3.63, 3.8) is 0 Å². The fourth-order valence-corrected chi connectivity index (χ4v) is 5.82. The van der Waals surface area contributed by atoms with E-state index in [0.29, 0.717) is 31.6 Å². The topological polar surface area (TPSA) is 32.3 Å². The fourth-order valence-electron chi connectivity index (χ4n) is 5.44. The number of hydrogen-bond donors (Lipinski definition) is 1. The number of piperidine rings is 1. The Kier molecular flexibility index (Phi) is 6.73. The molecule has 0 bridgehead atoms. The maximum Gasteiger partial charge on any atom is 0.389 e. The van der Waals surface area contributed by atoms with Crippen LogP contribution in [-0.2, 0) is 10.8 Å². The number of anilines is 1. The SMILES string of the molecule is CC(C)(C)c1ccc2c(c1)C1(CCNCC1)C(CCC(F)(F)F)N2C(=O)c1cccc(Cl)c1Cl. The first-order valence-corrected chi connectivity index (χ1v) is 12.3. The maximum atomic E-state index is 13.9. The van der Waals surface area contributed by atoms with Crippen LogP contribution in [0.3, 0.4) is 0 Å². The van der Waals surface area contributed by atoms with Crippen molar-refractivity contribution >= 4 is 34.8 Å². The summed E-state index contributed by atoms with van der Waals surface area (Å²) in [6.07, 6.45) is -4.14. The van der Waals surface area contributed by atoms with E-state index in [9.17, 15) is 18.0 Å². The Balaban J connectivity index is 1.90. The number of alkyl halides is 3. The molecule has 8 heteroatoms. The van der Waals surface area contributed by atoms with Crippen LogP contribution >= 0.6 is 23.2 Å². The molecule has 0 aromatic heterocycles. The molecule has 1 N–H and O–H groups in total. The number of nitrogens with one attached hydrogen (secondary N) is 1. The van der Waals surface area contributed by atoms with Gasteiger partial charge < -0.3 is 10.2 Å². The van der Waals surface area contributed by atoms with Gasteiger partial charge >= 0.3 is 6.18 Å². The Morgan fingerprint density at radius 3 is 2.41 bits per heavy atom. The van der Waals surface area contributed by atoms with Crippen molar-refractivity contribution < 1.29 is 18.0 Å². The number of benzene rings is 2. The molecular weight excluding hydrogens is 484 g/mol. The zero-order valence-corrected chi connectivity index (χ0v) is 21.0. The van der Waals surface area contributed by atoms with E-state index in [-0.39, 0.29) is 27.4 Å². The summed E-state index contributed by atoms with van der Waals surface area (Å²) in [6, 6.07) is 10.1. The Morgan fingerprint density at radius 2 is 1.79 bits per heavy atom. The van der Waals surface area contributed by atoms with Gasteiger partial charge in [0.25, 0.3) is 5.91 Å². The van der Waals surface area contributed by atoms with E-state index in [2.05, 4.69) is 32.2 Å². The third kappa shape index (κ3) is 4.57. The van der Waals surface area contributed by atoms with Crippen LogP contribution in [0.5, 0.6) is 0 Å². The Hall–Kier alpha value is -1.76. The number of halogens is 5. The first kappa shape index (κ1) is 25.3. The van der Waals surface area contributed by atoms with Gasteiger partial charge in [0.2, 0.25) is 0 Å². The standard InChI is InChI=1S/C26H29Cl2F3N2O/c1-24(2,3)16-7-8-20-18(15-16)25(11-13-32-14-12-25)21(9-10-26(29,30)31)33(20)23(34)17-5-4-6-19(27)22(17)28/h4-8,15,21,32H,9-14H2,1-3H3. The average Bonchev–Trinajstić information content (AvgIpc) is 3.02. The predicted molar refractivity (Wildman–Crippen MR) is 131 cm³/mol. The molecule has 2 aliphatic heterocycles. The van der Waals surface area contributed by atoms with Crippen LogP contribution in [0.1, 0.15) is 67.9 Å². The van der Waals surface area contributed by atoms with Gasteiger partial charge in [-0.1, -0.05) is 62.2 Å². The van der Waals surface area contributed by atoms with Crippen LogP contribution in [0.15, 0.2) is 36.4 Å². The Morgan fingerprint density at radius 1 is 1.12 bits per heavy atom. The van der Waals surface area contributed by atoms with Gasteiger partial charge in [0.05, 0.1) is 15.6 Å². The minimum atomic E-state index is -4.32. The van der Waals surface area contributed by atoms with Crippen LogP contribution < -0.4 is 10.2 Å². The van der Waals surface area contributed by atoms with E-state index in [0.717, 1.165) is 11.1 Å². The number of amides is 1. The van der Waals surface area contributed by atoms with Crippen LogP contribution in [0.2, 0.25) is 10.0 Å². The normalized spacial score (nSPS) is 20.0. The first-order chi connectivity index (χ1) is 15.8. The van der Waals surface area contributed by atoms with E-state index in [1.165, 1.54) is 0 Å². The quantitative estimate of drug-likeness (QED) is 0.468. The molecule has 1 unspecified atom stereocenters. The van der Waals surface area contributed by atoms with Gasteiger partial charge in [0.1, 0.15) is 0 Å². The molecule has 2 heterocycles. The minimum absolute atomic E-state index is 0.114. The summed E-state index contributed by atoms with van der Waals surface area (Å²) in [5.74, 6) is -0.417. The van der Waals surface area contributed by atoms with Crippen molar-refractivity contribution in [3.8, 4) is 0 Å². The highest BCUT2D eigenvalue weighted by Crippen LogP contribution is 2.54. The van der Waals surface area contributed by atoms with Gasteiger partial charge in [-0.3, -0.25) is 4.79 Å². The predicted octanol–water partition coefficient (Wildman–Crippen LogP) is 7.28. The summed E-state index contributed by atoms with van der Waals surface area (Å²) < 4.78 is 40.3. The third-order valence-electron chi connectivity index (χ3n) is 7.21. The van der Waals surface area contributed by atoms with Crippen LogP contribution in [0.25, 0.3) is 0 Å². The van der Waals surface area contributed by atoms with E-state index in [1.807, 2.05) is 12.1 Å². The van der Waals surface area contributed by atoms with E-state index in [4.69, 9.17) is 23.2 Å². The second-order valence-electron chi connectivity index (χ2n) is 10.3. The van der Waals surface area contributed by atoms with Crippen molar-refractivity contribution in [2.45, 2.75) is 69.5 Å². The van der Waals surface area contributed by atoms with Gasteiger partial charge in [-0.15, -0.1) is 0 Å². The van der Waals surface area contributed by atoms with Crippen molar-refractivity contribution in [1.82, 2.24) is 5.32 Å². The number of nitrogens with zero attached hydrogens (tertiary/aromatic N) is 1. The number of fused-ring (bicyclic) bond motifs is 2. The van der Waals surface area contributed by atoms with Crippen LogP contribution in [-0.4, -0.2) is 31.2 Å². The lowest BCUT2D eigenvalue weighted by Crippen LogP contribution is -2.52. The zero-order chi connectivity index (χ0) is 24.9. The molecule has 1 amide bonds. The summed E-state index contributed by atoms with van der Waals surface area (Å²) in [5.41, 5.74) is 2.21. The summed E-state index contributed by atoms with van der Waals surface area (Å²) in [7, 11) is 0. The van der Waals surface area contributed by atoms with Crippen molar-refractivity contribution in [1.29, 1.82) is 0 Å². The van der Waals surface area contributed by atoms with Crippen LogP contribution in [0.4, 0.5) is 18.9 Å². The molecule has 2 aliphatic rings. The van der Waals surface area contributed by atoms with Crippen molar-refractivity contribution in [2.75, 3.05) is 18.0 Å². The minimum Gasteiger partial charge on any atom is -0.317 e. The monoisotopic (exact) mass is 512 g/mol. The summed E-state index contributed by atoms with van der Waals surface area (Å²) in [5, 5.41) is 3.68. The largest absolute Gasteiger partial charge is 0.389 e. The van der Waals surface area contributed by atoms with Crippen LogP contribution in [0, 0.1) is 0 Å². The summed E-state index contributed by atoms with van der Waals surface area (Å²) in [6.45, 7) is 7.68. The lowest BCUT2D eigenvalue weighted by Gasteiger charge is -2.42. The molecule has 1 spiro atoms. The summed E-state index contributed by atoms with van der Waals surface area (Å²) in [4.78, 5) is 15.5. The van der Waals surface area contributed by atoms with Gasteiger partial charge in [0, 0.05) is 23.6 Å². The molecule has 2 aromatic carbocycles. The molecule has 1 fully saturated rings. The number of rotatable bonds is 3. The molecule has 3 nitrogen and oxygen atoms in total. The Bertz CT molecular complexity index is 1090. The van der Waals surface area contributed by atoms with Gasteiger partial charge in [0.15, 0.2) is 0 Å². The van der Waals surface area contributed by atoms with E-state index in [1.54, 1.807) is 23.1 Å². The van der Waals surface area contributed by atoms with Crippen molar-refractivity contribution in [2.24, 2.45) is 0 Å². The fraction of sp³-hybridized carbons (Fsp3) is 0.500. The smallest absolute Gasteiger partial charge is 0.317 e. The lowest BCUT2D eigenvalue weighted by atomic mass is 9.68. The molecule has 0 aliphatic carbocycles. The van der Waals surface area contributed by atoms with Gasteiger partial charge in [-0.25, -0.2) is 0 Å². The second kappa shape index (κ2) is 9.03. The van der Waals surface area contributed by atoms with E-state index >= 15 is 0 Å². The molecule has 184 valence electrons. The van der Waals surface area contributed by atoms with Crippen molar-refractivity contribution in [3.05, 3.63) is 63.1 Å². The lowest BCUT2D eigenvalue weighted by molar-refractivity contribution is -0.137. The van der Waals surface area contributed by atoms with Gasteiger partial charge in [-0.2, -0.15) is 13.2 Å². The second-order valence-corrected chi connectivity index (χ2v) is 11.1. The molecule has 0 saturated carbocycles. The highest BCUT2D eigenvalue weighted by molar-refractivity contribution is 6.44. The molecular formula is C26H29Cl2F3N2O. The summed E-state index contributed by atoms with van der Waals surface area (Å²) >= 11 is 12.6. The highest BCUT2D eigenvalue weighted by atomic mass is 35.5. The first-order valence-electron chi connectivity index (χ1n) is 11.6. The average molecular weight is 513 g/mol. The Labute approximate surface area is 208 Å². The van der Waals surface area contributed by atoms with E-state index < -0.39 is 30.0 Å². The highest BCUT2D eigenvalue weighted by Gasteiger charge is 2.54. The maximum absolute atomic E-state index is 13.9. The molecule has 2 aromatic rings. The van der Waals surface area contributed by atoms with Gasteiger partial charge in [-0.05, 0) is 67.1 Å². The zero-order valence-electron chi connectivity index (χ0n) is 19.5.